The standard InChI is InChI=1S/C13H28N2O/c1-12(2)5-4-7-14-8-9-15(3)13-6-10-16-11-13/h12-14H,4-11H2,1-3H3. The summed E-state index contributed by atoms with van der Waals surface area (Å²) in [7, 11) is 2.20. The van der Waals surface area contributed by atoms with Gasteiger partial charge in [-0.05, 0) is 38.8 Å². The minimum absolute atomic E-state index is 0.650. The van der Waals surface area contributed by atoms with Gasteiger partial charge in [-0.2, -0.15) is 0 Å². The average molecular weight is 228 g/mol. The van der Waals surface area contributed by atoms with Crippen molar-refractivity contribution < 1.29 is 4.74 Å². The van der Waals surface area contributed by atoms with Gasteiger partial charge in [0.25, 0.3) is 0 Å². The number of nitrogens with one attached hydrogen (secondary N) is 1. The van der Waals surface area contributed by atoms with Crippen molar-refractivity contribution in [1.82, 2.24) is 10.2 Å². The van der Waals surface area contributed by atoms with E-state index >= 15 is 0 Å². The van der Waals surface area contributed by atoms with Gasteiger partial charge < -0.3 is 10.1 Å². The van der Waals surface area contributed by atoms with Gasteiger partial charge in [-0.25, -0.2) is 0 Å². The van der Waals surface area contributed by atoms with Crippen molar-refractivity contribution in [2.45, 2.75) is 39.2 Å². The van der Waals surface area contributed by atoms with Crippen LogP contribution in [-0.4, -0.2) is 50.8 Å². The summed E-state index contributed by atoms with van der Waals surface area (Å²) in [6.07, 6.45) is 3.83. The molecule has 0 radical (unpaired) electrons. The molecule has 16 heavy (non-hydrogen) atoms. The van der Waals surface area contributed by atoms with Crippen LogP contribution in [0.5, 0.6) is 0 Å². The predicted molar refractivity (Wildman–Crippen MR) is 68.8 cm³/mol. The molecule has 1 heterocycles. The van der Waals surface area contributed by atoms with Gasteiger partial charge in [-0.15, -0.1) is 0 Å². The Kier molecular flexibility index (Phi) is 7.01. The van der Waals surface area contributed by atoms with Gasteiger partial charge in [0.05, 0.1) is 6.61 Å². The van der Waals surface area contributed by atoms with Crippen molar-refractivity contribution in [2.24, 2.45) is 5.92 Å². The molecule has 1 rings (SSSR count). The molecule has 0 aromatic rings. The highest BCUT2D eigenvalue weighted by Gasteiger charge is 2.19. The summed E-state index contributed by atoms with van der Waals surface area (Å²) in [6.45, 7) is 9.83. The van der Waals surface area contributed by atoms with Crippen LogP contribution in [0.25, 0.3) is 0 Å². The maximum Gasteiger partial charge on any atom is 0.0622 e. The van der Waals surface area contributed by atoms with E-state index in [-0.39, 0.29) is 0 Å². The van der Waals surface area contributed by atoms with E-state index in [0.29, 0.717) is 6.04 Å². The fraction of sp³-hybridized carbons (Fsp3) is 1.00. The highest BCUT2D eigenvalue weighted by atomic mass is 16.5. The molecule has 0 aromatic heterocycles. The van der Waals surface area contributed by atoms with E-state index in [0.717, 1.165) is 38.8 Å². The van der Waals surface area contributed by atoms with Crippen LogP contribution in [0.3, 0.4) is 0 Å². The third kappa shape index (κ3) is 5.83. The van der Waals surface area contributed by atoms with Crippen molar-refractivity contribution in [3.63, 3.8) is 0 Å². The molecule has 1 saturated heterocycles. The number of hydrogen-bond acceptors (Lipinski definition) is 3. The van der Waals surface area contributed by atoms with E-state index in [2.05, 4.69) is 31.1 Å². The predicted octanol–water partition coefficient (Wildman–Crippen LogP) is 1.73. The Bertz CT molecular complexity index is 167. The first kappa shape index (κ1) is 13.9. The van der Waals surface area contributed by atoms with E-state index in [1.54, 1.807) is 0 Å². The maximum atomic E-state index is 5.39. The number of hydrogen-bond donors (Lipinski definition) is 1. The summed E-state index contributed by atoms with van der Waals surface area (Å²) in [4.78, 5) is 2.42. The molecule has 0 amide bonds. The molecule has 1 aliphatic rings. The van der Waals surface area contributed by atoms with E-state index in [9.17, 15) is 0 Å². The zero-order valence-corrected chi connectivity index (χ0v) is 11.2. The molecule has 1 atom stereocenters. The fourth-order valence-electron chi connectivity index (χ4n) is 2.07. The minimum atomic E-state index is 0.650. The second-order valence-corrected chi connectivity index (χ2v) is 5.28. The smallest absolute Gasteiger partial charge is 0.0622 e. The lowest BCUT2D eigenvalue weighted by Gasteiger charge is -2.22. The monoisotopic (exact) mass is 228 g/mol. The molecule has 3 nitrogen and oxygen atoms in total. The number of likely N-dealkylation sites (N-methyl/N-ethyl adjacent to an activating group) is 1. The van der Waals surface area contributed by atoms with E-state index in [4.69, 9.17) is 4.74 Å². The van der Waals surface area contributed by atoms with Gasteiger partial charge in [0.15, 0.2) is 0 Å². The van der Waals surface area contributed by atoms with Gasteiger partial charge in [-0.1, -0.05) is 13.8 Å². The highest BCUT2D eigenvalue weighted by Crippen LogP contribution is 2.09. The van der Waals surface area contributed by atoms with Crippen LogP contribution in [0, 0.1) is 5.92 Å². The van der Waals surface area contributed by atoms with E-state index in [1.165, 1.54) is 19.3 Å². The lowest BCUT2D eigenvalue weighted by molar-refractivity contribution is 0.159. The van der Waals surface area contributed by atoms with Crippen molar-refractivity contribution in [3.8, 4) is 0 Å². The van der Waals surface area contributed by atoms with Crippen LogP contribution in [0.4, 0.5) is 0 Å². The fourth-order valence-corrected chi connectivity index (χ4v) is 2.07. The number of rotatable bonds is 8. The van der Waals surface area contributed by atoms with Gasteiger partial charge in [0, 0.05) is 25.7 Å². The van der Waals surface area contributed by atoms with E-state index < -0.39 is 0 Å². The molecular weight excluding hydrogens is 200 g/mol. The minimum Gasteiger partial charge on any atom is -0.380 e. The molecule has 3 heteroatoms. The molecule has 1 unspecified atom stereocenters. The molecule has 0 saturated carbocycles. The summed E-state index contributed by atoms with van der Waals surface area (Å²) >= 11 is 0. The highest BCUT2D eigenvalue weighted by molar-refractivity contribution is 4.73. The molecule has 0 spiro atoms. The quantitative estimate of drug-likeness (QED) is 0.640. The zero-order valence-electron chi connectivity index (χ0n) is 11.2. The van der Waals surface area contributed by atoms with Crippen LogP contribution in [0.2, 0.25) is 0 Å². The van der Waals surface area contributed by atoms with Crippen LogP contribution >= 0.6 is 0 Å². The molecule has 0 aromatic carbocycles. The Morgan fingerprint density at radius 1 is 1.38 bits per heavy atom. The van der Waals surface area contributed by atoms with Gasteiger partial charge >= 0.3 is 0 Å². The molecule has 0 aliphatic carbocycles. The normalized spacial score (nSPS) is 21.2. The van der Waals surface area contributed by atoms with Crippen molar-refractivity contribution >= 4 is 0 Å². The number of nitrogens with zero attached hydrogens (tertiary/aromatic N) is 1. The Morgan fingerprint density at radius 2 is 2.19 bits per heavy atom. The summed E-state index contributed by atoms with van der Waals surface area (Å²) in [6, 6.07) is 0.650. The third-order valence-corrected chi connectivity index (χ3v) is 3.31. The van der Waals surface area contributed by atoms with Crippen LogP contribution < -0.4 is 5.32 Å². The van der Waals surface area contributed by atoms with Gasteiger partial charge in [0.2, 0.25) is 0 Å². The summed E-state index contributed by atoms with van der Waals surface area (Å²) in [5.74, 6) is 0.833. The first-order chi connectivity index (χ1) is 7.70. The summed E-state index contributed by atoms with van der Waals surface area (Å²) < 4.78 is 5.39. The number of ether oxygens (including phenoxy) is 1. The topological polar surface area (TPSA) is 24.5 Å². The SMILES string of the molecule is CC(C)CCCNCCN(C)C1CCOC1. The first-order valence-electron chi connectivity index (χ1n) is 6.69. The van der Waals surface area contributed by atoms with Crippen LogP contribution in [-0.2, 0) is 4.74 Å². The Balaban J connectivity index is 1.90. The molecular formula is C13H28N2O. The lowest BCUT2D eigenvalue weighted by Crippen LogP contribution is -2.37. The van der Waals surface area contributed by atoms with Crippen molar-refractivity contribution in [1.29, 1.82) is 0 Å². The Labute approximate surface area is 101 Å². The Hall–Kier alpha value is -0.120. The van der Waals surface area contributed by atoms with Crippen LogP contribution in [0.1, 0.15) is 33.1 Å². The molecule has 1 aliphatic heterocycles. The average Bonchev–Trinajstić information content (AvgIpc) is 2.75. The Morgan fingerprint density at radius 3 is 2.81 bits per heavy atom. The molecule has 1 N–H and O–H groups in total. The van der Waals surface area contributed by atoms with Crippen molar-refractivity contribution in [3.05, 3.63) is 0 Å². The third-order valence-electron chi connectivity index (χ3n) is 3.31. The second kappa shape index (κ2) is 8.04. The summed E-state index contributed by atoms with van der Waals surface area (Å²) in [5, 5.41) is 3.51. The molecule has 1 fully saturated rings. The largest absolute Gasteiger partial charge is 0.380 e. The van der Waals surface area contributed by atoms with Gasteiger partial charge in [0.1, 0.15) is 0 Å². The zero-order chi connectivity index (χ0) is 11.8. The molecule has 96 valence electrons. The molecule has 0 bridgehead atoms. The lowest BCUT2D eigenvalue weighted by atomic mass is 10.1. The summed E-state index contributed by atoms with van der Waals surface area (Å²) in [5.41, 5.74) is 0. The van der Waals surface area contributed by atoms with Crippen LogP contribution in [0.15, 0.2) is 0 Å². The van der Waals surface area contributed by atoms with Crippen molar-refractivity contribution in [2.75, 3.05) is 39.9 Å². The van der Waals surface area contributed by atoms with E-state index in [1.807, 2.05) is 0 Å². The van der Waals surface area contributed by atoms with Gasteiger partial charge in [-0.3, -0.25) is 4.90 Å². The first-order valence-corrected chi connectivity index (χ1v) is 6.69. The second-order valence-electron chi connectivity index (χ2n) is 5.28. The maximum absolute atomic E-state index is 5.39.